The number of carbonyl (C=O) groups is 3. The van der Waals surface area contributed by atoms with Gasteiger partial charge in [0.1, 0.15) is 0 Å². The molecule has 31 heavy (non-hydrogen) atoms. The second-order valence-corrected chi connectivity index (χ2v) is 8.63. The largest absolute Gasteiger partial charge is 0.465 e. The van der Waals surface area contributed by atoms with Gasteiger partial charge in [-0.05, 0) is 54.8 Å². The number of anilines is 2. The number of esters is 2. The number of nitrogens with one attached hydrogen (secondary N) is 1. The summed E-state index contributed by atoms with van der Waals surface area (Å²) in [6.07, 6.45) is 1.37. The highest BCUT2D eigenvalue weighted by atomic mass is 32.2. The molecule has 1 heterocycles. The Hall–Kier alpha value is -3.40. The van der Waals surface area contributed by atoms with Crippen LogP contribution in [0.1, 0.15) is 39.6 Å². The second kappa shape index (κ2) is 8.76. The molecule has 2 aromatic rings. The van der Waals surface area contributed by atoms with Crippen molar-refractivity contribution in [2.45, 2.75) is 24.7 Å². The molecule has 2 aromatic carbocycles. The van der Waals surface area contributed by atoms with E-state index in [0.717, 1.165) is 12.0 Å². The molecule has 164 valence electrons. The van der Waals surface area contributed by atoms with Crippen molar-refractivity contribution in [1.29, 1.82) is 0 Å². The molecule has 1 aliphatic heterocycles. The Morgan fingerprint density at radius 1 is 0.968 bits per heavy atom. The van der Waals surface area contributed by atoms with E-state index in [2.05, 4.69) is 14.2 Å². The van der Waals surface area contributed by atoms with Gasteiger partial charge in [-0.3, -0.25) is 9.52 Å². The Labute approximate surface area is 180 Å². The van der Waals surface area contributed by atoms with Gasteiger partial charge in [0.2, 0.25) is 5.91 Å². The zero-order chi connectivity index (χ0) is 22.8. The van der Waals surface area contributed by atoms with Crippen LogP contribution in [0.15, 0.2) is 41.3 Å². The molecule has 10 heteroatoms. The molecule has 0 saturated carbocycles. The molecular formula is C21H22N2O7S. The average Bonchev–Trinajstić information content (AvgIpc) is 2.76. The van der Waals surface area contributed by atoms with Crippen LogP contribution >= 0.6 is 0 Å². The first-order chi connectivity index (χ1) is 14.7. The Balaban J connectivity index is 1.98. The highest BCUT2D eigenvalue weighted by Gasteiger charge is 2.24. The van der Waals surface area contributed by atoms with Crippen molar-refractivity contribution in [3.05, 3.63) is 53.1 Å². The van der Waals surface area contributed by atoms with Crippen LogP contribution in [-0.2, 0) is 30.7 Å². The molecule has 0 bridgehead atoms. The summed E-state index contributed by atoms with van der Waals surface area (Å²) in [5, 5.41) is 0. The summed E-state index contributed by atoms with van der Waals surface area (Å²) >= 11 is 0. The van der Waals surface area contributed by atoms with Gasteiger partial charge in [-0.1, -0.05) is 0 Å². The van der Waals surface area contributed by atoms with Gasteiger partial charge in [0.25, 0.3) is 10.0 Å². The number of hydrogen-bond acceptors (Lipinski definition) is 7. The first-order valence-electron chi connectivity index (χ1n) is 9.42. The van der Waals surface area contributed by atoms with Crippen LogP contribution in [0.2, 0.25) is 0 Å². The minimum Gasteiger partial charge on any atom is -0.465 e. The topological polar surface area (TPSA) is 119 Å². The summed E-state index contributed by atoms with van der Waals surface area (Å²) < 4.78 is 37.7. The predicted octanol–water partition coefficient (Wildman–Crippen LogP) is 2.36. The summed E-state index contributed by atoms with van der Waals surface area (Å²) in [4.78, 5) is 37.3. The van der Waals surface area contributed by atoms with Crippen LogP contribution in [-0.4, -0.2) is 47.0 Å². The molecule has 1 N–H and O–H groups in total. The van der Waals surface area contributed by atoms with Gasteiger partial charge in [0.15, 0.2) is 0 Å². The Kier molecular flexibility index (Phi) is 6.30. The molecule has 0 spiro atoms. The van der Waals surface area contributed by atoms with E-state index in [0.29, 0.717) is 18.7 Å². The SMILES string of the molecule is COC(=O)c1cc(NS(=O)(=O)c2ccc3c(c2)CCCN3C(C)=O)cc(C(=O)OC)c1. The van der Waals surface area contributed by atoms with Gasteiger partial charge in [-0.15, -0.1) is 0 Å². The standard InChI is InChI=1S/C21H22N2O7S/c1-13(24)23-8-4-5-14-12-18(6-7-19(14)23)31(27,28)22-17-10-15(20(25)29-2)9-16(11-17)21(26)30-3/h6-7,9-12,22H,4-5,8H2,1-3H3. The highest BCUT2D eigenvalue weighted by molar-refractivity contribution is 7.92. The van der Waals surface area contributed by atoms with Crippen LogP contribution in [0.5, 0.6) is 0 Å². The summed E-state index contributed by atoms with van der Waals surface area (Å²) in [7, 11) is -1.69. The number of aryl methyl sites for hydroxylation is 1. The van der Waals surface area contributed by atoms with Gasteiger partial charge in [0.05, 0.1) is 35.9 Å². The van der Waals surface area contributed by atoms with Crippen molar-refractivity contribution < 1.29 is 32.3 Å². The average molecular weight is 446 g/mol. The van der Waals surface area contributed by atoms with E-state index < -0.39 is 22.0 Å². The van der Waals surface area contributed by atoms with Crippen LogP contribution in [0.4, 0.5) is 11.4 Å². The maximum absolute atomic E-state index is 13.0. The number of amides is 1. The summed E-state index contributed by atoms with van der Waals surface area (Å²) in [6.45, 7) is 2.05. The van der Waals surface area contributed by atoms with Crippen molar-refractivity contribution in [2.24, 2.45) is 0 Å². The van der Waals surface area contributed by atoms with Crippen molar-refractivity contribution >= 4 is 39.2 Å². The van der Waals surface area contributed by atoms with Gasteiger partial charge in [-0.2, -0.15) is 0 Å². The molecule has 1 aliphatic rings. The molecule has 0 fully saturated rings. The van der Waals surface area contributed by atoms with E-state index in [-0.39, 0.29) is 27.6 Å². The lowest BCUT2D eigenvalue weighted by atomic mass is 10.0. The number of sulfonamides is 1. The molecular weight excluding hydrogens is 424 g/mol. The molecule has 0 unspecified atom stereocenters. The van der Waals surface area contributed by atoms with E-state index in [4.69, 9.17) is 0 Å². The highest BCUT2D eigenvalue weighted by Crippen LogP contribution is 2.30. The van der Waals surface area contributed by atoms with Crippen LogP contribution in [0.3, 0.4) is 0 Å². The maximum Gasteiger partial charge on any atom is 0.337 e. The van der Waals surface area contributed by atoms with Gasteiger partial charge < -0.3 is 14.4 Å². The Bertz CT molecular complexity index is 1120. The maximum atomic E-state index is 13.0. The fraction of sp³-hybridized carbons (Fsp3) is 0.286. The van der Waals surface area contributed by atoms with Crippen molar-refractivity contribution in [1.82, 2.24) is 0 Å². The normalized spacial score (nSPS) is 13.2. The lowest BCUT2D eigenvalue weighted by Crippen LogP contribution is -2.33. The molecule has 9 nitrogen and oxygen atoms in total. The third kappa shape index (κ3) is 4.69. The smallest absolute Gasteiger partial charge is 0.337 e. The predicted molar refractivity (Wildman–Crippen MR) is 113 cm³/mol. The first kappa shape index (κ1) is 22.3. The van der Waals surface area contributed by atoms with Gasteiger partial charge in [-0.25, -0.2) is 18.0 Å². The Morgan fingerprint density at radius 2 is 1.58 bits per heavy atom. The number of ether oxygens (including phenoxy) is 2. The van der Waals surface area contributed by atoms with E-state index in [1.165, 1.54) is 51.5 Å². The zero-order valence-corrected chi connectivity index (χ0v) is 18.1. The monoisotopic (exact) mass is 446 g/mol. The number of hydrogen-bond donors (Lipinski definition) is 1. The number of rotatable bonds is 5. The minimum atomic E-state index is -4.04. The summed E-state index contributed by atoms with van der Waals surface area (Å²) in [5.74, 6) is -1.57. The number of carbonyl (C=O) groups excluding carboxylic acids is 3. The second-order valence-electron chi connectivity index (χ2n) is 6.95. The van der Waals surface area contributed by atoms with E-state index in [1.807, 2.05) is 0 Å². The minimum absolute atomic E-state index is 0.000240. The lowest BCUT2D eigenvalue weighted by Gasteiger charge is -2.28. The molecule has 0 aliphatic carbocycles. The van der Waals surface area contributed by atoms with E-state index in [1.54, 1.807) is 11.0 Å². The number of methoxy groups -OCH3 is 2. The number of benzene rings is 2. The third-order valence-electron chi connectivity index (χ3n) is 4.89. The van der Waals surface area contributed by atoms with Crippen LogP contribution in [0.25, 0.3) is 0 Å². The fourth-order valence-electron chi connectivity index (χ4n) is 3.44. The van der Waals surface area contributed by atoms with Crippen molar-refractivity contribution in [2.75, 3.05) is 30.4 Å². The van der Waals surface area contributed by atoms with E-state index in [9.17, 15) is 22.8 Å². The van der Waals surface area contributed by atoms with Crippen LogP contribution in [0, 0.1) is 0 Å². The zero-order valence-electron chi connectivity index (χ0n) is 17.3. The molecule has 0 radical (unpaired) electrons. The van der Waals surface area contributed by atoms with Gasteiger partial charge >= 0.3 is 11.9 Å². The lowest BCUT2D eigenvalue weighted by molar-refractivity contribution is -0.116. The molecule has 0 atom stereocenters. The van der Waals surface area contributed by atoms with Crippen LogP contribution < -0.4 is 9.62 Å². The number of nitrogens with zero attached hydrogens (tertiary/aromatic N) is 1. The molecule has 0 saturated heterocycles. The first-order valence-corrected chi connectivity index (χ1v) is 10.9. The summed E-state index contributed by atoms with van der Waals surface area (Å²) in [5.41, 5.74) is 1.43. The van der Waals surface area contributed by atoms with E-state index >= 15 is 0 Å². The Morgan fingerprint density at radius 3 is 2.13 bits per heavy atom. The fourth-order valence-corrected chi connectivity index (χ4v) is 4.53. The molecule has 0 aromatic heterocycles. The summed E-state index contributed by atoms with van der Waals surface area (Å²) in [6, 6.07) is 8.34. The number of fused-ring (bicyclic) bond motifs is 1. The molecule has 3 rings (SSSR count). The van der Waals surface area contributed by atoms with Crippen molar-refractivity contribution in [3.8, 4) is 0 Å². The quantitative estimate of drug-likeness (QED) is 0.700. The van der Waals surface area contributed by atoms with Gasteiger partial charge in [0, 0.05) is 19.2 Å². The van der Waals surface area contributed by atoms with Crippen molar-refractivity contribution in [3.63, 3.8) is 0 Å². The third-order valence-corrected chi connectivity index (χ3v) is 6.27. The molecule has 1 amide bonds.